The zero-order chi connectivity index (χ0) is 20.0. The maximum atomic E-state index is 12.9. The van der Waals surface area contributed by atoms with Gasteiger partial charge in [-0.15, -0.1) is 0 Å². The lowest BCUT2D eigenvalue weighted by Gasteiger charge is -2.35. The lowest BCUT2D eigenvalue weighted by Crippen LogP contribution is -2.49. The summed E-state index contributed by atoms with van der Waals surface area (Å²) >= 11 is 0. The molecule has 0 unspecified atom stereocenters. The number of aryl methyl sites for hydroxylation is 2. The van der Waals surface area contributed by atoms with Gasteiger partial charge in [0.15, 0.2) is 11.5 Å². The summed E-state index contributed by atoms with van der Waals surface area (Å²) in [6.07, 6.45) is 0. The molecule has 1 fully saturated rings. The number of rotatable bonds is 3. The van der Waals surface area contributed by atoms with Crippen molar-refractivity contribution in [1.82, 2.24) is 25.3 Å². The maximum absolute atomic E-state index is 12.9. The van der Waals surface area contributed by atoms with Crippen LogP contribution in [0.4, 0.5) is 5.69 Å². The van der Waals surface area contributed by atoms with Crippen LogP contribution in [0.25, 0.3) is 11.3 Å². The molecule has 2 aliphatic heterocycles. The minimum absolute atomic E-state index is 0.0372. The molecule has 2 aliphatic rings. The van der Waals surface area contributed by atoms with E-state index in [1.54, 1.807) is 6.07 Å². The van der Waals surface area contributed by atoms with Gasteiger partial charge in [0.05, 0.1) is 22.8 Å². The van der Waals surface area contributed by atoms with Crippen LogP contribution in [0, 0.1) is 13.8 Å². The SMILES string of the molecule is Cc1n[nH]c(C)c1N1CCN(C(=O)c2cc(-c3ccc4c(c3)OCO4)n[nH]2)CC1. The minimum atomic E-state index is -0.0372. The largest absolute Gasteiger partial charge is 0.454 e. The first-order valence-corrected chi connectivity index (χ1v) is 9.61. The number of amides is 1. The summed E-state index contributed by atoms with van der Waals surface area (Å²) in [7, 11) is 0. The first kappa shape index (κ1) is 17.6. The van der Waals surface area contributed by atoms with Gasteiger partial charge in [-0.1, -0.05) is 0 Å². The van der Waals surface area contributed by atoms with E-state index in [9.17, 15) is 4.79 Å². The van der Waals surface area contributed by atoms with Crippen LogP contribution in [0.1, 0.15) is 21.9 Å². The molecule has 3 aromatic rings. The molecule has 0 atom stereocenters. The lowest BCUT2D eigenvalue weighted by atomic mass is 10.1. The van der Waals surface area contributed by atoms with Gasteiger partial charge in [-0.05, 0) is 38.1 Å². The van der Waals surface area contributed by atoms with E-state index in [1.807, 2.05) is 36.9 Å². The molecule has 0 spiro atoms. The number of ether oxygens (including phenoxy) is 2. The van der Waals surface area contributed by atoms with Crippen molar-refractivity contribution in [2.75, 3.05) is 37.9 Å². The highest BCUT2D eigenvalue weighted by atomic mass is 16.7. The van der Waals surface area contributed by atoms with Crippen molar-refractivity contribution >= 4 is 11.6 Å². The highest BCUT2D eigenvalue weighted by molar-refractivity contribution is 5.93. The Hall–Kier alpha value is -3.49. The van der Waals surface area contributed by atoms with Gasteiger partial charge < -0.3 is 19.3 Å². The van der Waals surface area contributed by atoms with Gasteiger partial charge in [-0.3, -0.25) is 15.0 Å². The molecule has 9 heteroatoms. The number of H-pyrrole nitrogens is 2. The molecule has 2 N–H and O–H groups in total. The molecule has 0 aliphatic carbocycles. The summed E-state index contributed by atoms with van der Waals surface area (Å²) in [6.45, 7) is 7.11. The van der Waals surface area contributed by atoms with Crippen LogP contribution in [0.2, 0.25) is 0 Å². The second kappa shape index (κ2) is 6.84. The Bertz CT molecular complexity index is 1040. The first-order valence-electron chi connectivity index (χ1n) is 9.61. The predicted octanol–water partition coefficient (Wildman–Crippen LogP) is 2.11. The Balaban J connectivity index is 1.27. The highest BCUT2D eigenvalue weighted by Crippen LogP contribution is 2.35. The number of nitrogens with zero attached hydrogens (tertiary/aromatic N) is 4. The first-order chi connectivity index (χ1) is 14.1. The Morgan fingerprint density at radius 1 is 1.00 bits per heavy atom. The normalized spacial score (nSPS) is 15.8. The third kappa shape index (κ3) is 3.08. The van der Waals surface area contributed by atoms with Crippen LogP contribution in [0.15, 0.2) is 24.3 Å². The fourth-order valence-electron chi connectivity index (χ4n) is 3.95. The number of aromatic amines is 2. The molecule has 29 heavy (non-hydrogen) atoms. The van der Waals surface area contributed by atoms with Crippen LogP contribution < -0.4 is 14.4 Å². The van der Waals surface area contributed by atoms with Crippen LogP contribution in [0.5, 0.6) is 11.5 Å². The predicted molar refractivity (Wildman–Crippen MR) is 106 cm³/mol. The number of fused-ring (bicyclic) bond motifs is 1. The second-order valence-electron chi connectivity index (χ2n) is 7.30. The van der Waals surface area contributed by atoms with Crippen molar-refractivity contribution in [3.8, 4) is 22.8 Å². The summed E-state index contributed by atoms with van der Waals surface area (Å²) in [5.74, 6) is 1.38. The van der Waals surface area contributed by atoms with Crippen LogP contribution in [-0.4, -0.2) is 64.2 Å². The van der Waals surface area contributed by atoms with Gasteiger partial charge in [-0.2, -0.15) is 10.2 Å². The summed E-state index contributed by atoms with van der Waals surface area (Å²) in [6, 6.07) is 7.43. The summed E-state index contributed by atoms with van der Waals surface area (Å²) in [5, 5.41) is 14.5. The zero-order valence-electron chi connectivity index (χ0n) is 16.4. The smallest absolute Gasteiger partial charge is 0.272 e. The number of carbonyl (C=O) groups is 1. The Labute approximate surface area is 167 Å². The van der Waals surface area contributed by atoms with E-state index in [-0.39, 0.29) is 12.7 Å². The fraction of sp³-hybridized carbons (Fsp3) is 0.350. The van der Waals surface area contributed by atoms with Gasteiger partial charge in [-0.25, -0.2) is 0 Å². The van der Waals surface area contributed by atoms with E-state index in [0.717, 1.165) is 41.5 Å². The molecule has 1 saturated heterocycles. The number of aromatic nitrogens is 4. The van der Waals surface area contributed by atoms with Gasteiger partial charge in [0.25, 0.3) is 5.91 Å². The number of piperazine rings is 1. The van der Waals surface area contributed by atoms with Crippen molar-refractivity contribution in [1.29, 1.82) is 0 Å². The summed E-state index contributed by atoms with van der Waals surface area (Å²) in [5.41, 5.74) is 5.26. The third-order valence-corrected chi connectivity index (χ3v) is 5.45. The monoisotopic (exact) mass is 394 g/mol. The molecule has 4 heterocycles. The van der Waals surface area contributed by atoms with E-state index >= 15 is 0 Å². The van der Waals surface area contributed by atoms with Crippen molar-refractivity contribution in [3.63, 3.8) is 0 Å². The summed E-state index contributed by atoms with van der Waals surface area (Å²) in [4.78, 5) is 17.1. The fourth-order valence-corrected chi connectivity index (χ4v) is 3.95. The molecule has 1 aromatic carbocycles. The topological polar surface area (TPSA) is 99.4 Å². The number of nitrogens with one attached hydrogen (secondary N) is 2. The van der Waals surface area contributed by atoms with E-state index < -0.39 is 0 Å². The van der Waals surface area contributed by atoms with Crippen LogP contribution >= 0.6 is 0 Å². The molecular weight excluding hydrogens is 372 g/mol. The Morgan fingerprint density at radius 3 is 2.55 bits per heavy atom. The molecule has 5 rings (SSSR count). The van der Waals surface area contributed by atoms with E-state index in [0.29, 0.717) is 30.2 Å². The van der Waals surface area contributed by atoms with E-state index in [1.165, 1.54) is 0 Å². The molecule has 150 valence electrons. The maximum Gasteiger partial charge on any atom is 0.272 e. The van der Waals surface area contributed by atoms with Gasteiger partial charge >= 0.3 is 0 Å². The van der Waals surface area contributed by atoms with Crippen molar-refractivity contribution in [2.24, 2.45) is 0 Å². The molecule has 0 saturated carbocycles. The van der Waals surface area contributed by atoms with E-state index in [4.69, 9.17) is 9.47 Å². The van der Waals surface area contributed by atoms with Crippen molar-refractivity contribution < 1.29 is 14.3 Å². The number of carbonyl (C=O) groups excluding carboxylic acids is 1. The zero-order valence-corrected chi connectivity index (χ0v) is 16.4. The van der Waals surface area contributed by atoms with Gasteiger partial charge in [0.1, 0.15) is 5.69 Å². The molecule has 2 aromatic heterocycles. The molecule has 9 nitrogen and oxygen atoms in total. The highest BCUT2D eigenvalue weighted by Gasteiger charge is 2.26. The number of hydrogen-bond acceptors (Lipinski definition) is 6. The minimum Gasteiger partial charge on any atom is -0.454 e. The average Bonchev–Trinajstić information content (AvgIpc) is 3.47. The standard InChI is InChI=1S/C20H22N6O3/c1-12-19(13(2)22-21-12)25-5-7-26(8-6-25)20(27)16-10-15(23-24-16)14-3-4-17-18(9-14)29-11-28-17/h3-4,9-10H,5-8,11H2,1-2H3,(H,21,22)(H,23,24). The second-order valence-corrected chi connectivity index (χ2v) is 7.30. The summed E-state index contributed by atoms with van der Waals surface area (Å²) < 4.78 is 10.8. The number of hydrogen-bond donors (Lipinski definition) is 2. The van der Waals surface area contributed by atoms with Crippen molar-refractivity contribution in [3.05, 3.63) is 41.3 Å². The van der Waals surface area contributed by atoms with Crippen molar-refractivity contribution in [2.45, 2.75) is 13.8 Å². The van der Waals surface area contributed by atoms with Crippen LogP contribution in [-0.2, 0) is 0 Å². The molecule has 0 bridgehead atoms. The van der Waals surface area contributed by atoms with E-state index in [2.05, 4.69) is 25.3 Å². The Morgan fingerprint density at radius 2 is 1.79 bits per heavy atom. The molecule has 1 amide bonds. The molecule has 0 radical (unpaired) electrons. The quantitative estimate of drug-likeness (QED) is 0.706. The van der Waals surface area contributed by atoms with Crippen LogP contribution in [0.3, 0.4) is 0 Å². The third-order valence-electron chi connectivity index (χ3n) is 5.45. The lowest BCUT2D eigenvalue weighted by molar-refractivity contribution is 0.0741. The Kier molecular flexibility index (Phi) is 4.15. The number of anilines is 1. The number of benzene rings is 1. The average molecular weight is 394 g/mol. The molecular formula is C20H22N6O3. The van der Waals surface area contributed by atoms with Gasteiger partial charge in [0, 0.05) is 31.7 Å². The van der Waals surface area contributed by atoms with Gasteiger partial charge in [0.2, 0.25) is 6.79 Å².